The summed E-state index contributed by atoms with van der Waals surface area (Å²) in [6, 6.07) is 7.80. The predicted octanol–water partition coefficient (Wildman–Crippen LogP) is 5.72. The van der Waals surface area contributed by atoms with Crippen LogP contribution in [0, 0.1) is 24.2 Å². The summed E-state index contributed by atoms with van der Waals surface area (Å²) in [5, 5.41) is 13.4. The van der Waals surface area contributed by atoms with Crippen LogP contribution in [-0.4, -0.2) is 28.0 Å². The molecule has 2 unspecified atom stereocenters. The molecule has 1 aromatic heterocycles. The number of fused-ring (bicyclic) bond motifs is 3. The molecule has 0 saturated carbocycles. The largest absolute Gasteiger partial charge is 0.416 e. The number of hydrogen-bond donors (Lipinski definition) is 2. The highest BCUT2D eigenvalue weighted by Gasteiger charge is 2.34. The molecule has 9 heteroatoms. The SMILES string of the molecule is Cc1nc(NC(C)c2cc(N)cc(C(F)(F)F)c2)c2cc(C(C)N3CC(C#N)C3)c3c(c2n1)CCC3. The van der Waals surface area contributed by atoms with Crippen molar-refractivity contribution in [3.63, 3.8) is 0 Å². The lowest BCUT2D eigenvalue weighted by Crippen LogP contribution is -2.47. The number of likely N-dealkylation sites (tertiary alicyclic amines) is 1. The molecule has 0 radical (unpaired) electrons. The minimum absolute atomic E-state index is 0.0661. The van der Waals surface area contributed by atoms with E-state index in [9.17, 15) is 18.4 Å². The average Bonchev–Trinajstić information content (AvgIpc) is 3.27. The molecule has 5 rings (SSSR count). The number of benzene rings is 2. The number of nitriles is 1. The number of alkyl halides is 3. The van der Waals surface area contributed by atoms with Gasteiger partial charge >= 0.3 is 6.18 Å². The van der Waals surface area contributed by atoms with Gasteiger partial charge in [-0.3, -0.25) is 4.90 Å². The first kappa shape index (κ1) is 24.3. The van der Waals surface area contributed by atoms with E-state index in [1.807, 2.05) is 6.92 Å². The highest BCUT2D eigenvalue weighted by molar-refractivity contribution is 5.93. The summed E-state index contributed by atoms with van der Waals surface area (Å²) in [6.45, 7) is 7.32. The first-order chi connectivity index (χ1) is 17.0. The van der Waals surface area contributed by atoms with Crippen LogP contribution in [0.1, 0.15) is 66.0 Å². The zero-order chi connectivity index (χ0) is 25.8. The molecule has 2 aromatic carbocycles. The Kier molecular flexibility index (Phi) is 6.03. The highest BCUT2D eigenvalue weighted by atomic mass is 19.4. The monoisotopic (exact) mass is 494 g/mol. The van der Waals surface area contributed by atoms with Crippen LogP contribution in [-0.2, 0) is 19.0 Å². The third kappa shape index (κ3) is 4.35. The van der Waals surface area contributed by atoms with Gasteiger partial charge in [0.05, 0.1) is 29.1 Å². The van der Waals surface area contributed by atoms with Gasteiger partial charge in [-0.15, -0.1) is 0 Å². The Bertz CT molecular complexity index is 1370. The molecule has 3 aromatic rings. The van der Waals surface area contributed by atoms with Crippen LogP contribution < -0.4 is 11.1 Å². The summed E-state index contributed by atoms with van der Waals surface area (Å²) in [7, 11) is 0. The number of nitrogens with zero attached hydrogens (tertiary/aromatic N) is 4. The maximum Gasteiger partial charge on any atom is 0.416 e. The number of halogens is 3. The zero-order valence-electron chi connectivity index (χ0n) is 20.6. The molecular weight excluding hydrogens is 465 g/mol. The maximum atomic E-state index is 13.4. The molecule has 0 bridgehead atoms. The predicted molar refractivity (Wildman–Crippen MR) is 133 cm³/mol. The van der Waals surface area contributed by atoms with Crippen molar-refractivity contribution in [3.05, 3.63) is 57.9 Å². The Labute approximate surface area is 208 Å². The van der Waals surface area contributed by atoms with Gasteiger partial charge in [0.1, 0.15) is 11.6 Å². The molecule has 1 saturated heterocycles. The van der Waals surface area contributed by atoms with Gasteiger partial charge in [-0.05, 0) is 86.6 Å². The second-order valence-corrected chi connectivity index (χ2v) is 10.0. The van der Waals surface area contributed by atoms with Crippen molar-refractivity contribution in [3.8, 4) is 6.07 Å². The van der Waals surface area contributed by atoms with Crippen molar-refractivity contribution in [1.82, 2.24) is 14.9 Å². The van der Waals surface area contributed by atoms with Gasteiger partial charge in [-0.25, -0.2) is 9.97 Å². The first-order valence-electron chi connectivity index (χ1n) is 12.3. The Morgan fingerprint density at radius 1 is 1.11 bits per heavy atom. The zero-order valence-corrected chi connectivity index (χ0v) is 20.6. The summed E-state index contributed by atoms with van der Waals surface area (Å²) in [4.78, 5) is 11.7. The molecule has 2 atom stereocenters. The van der Waals surface area contributed by atoms with Crippen LogP contribution in [0.5, 0.6) is 0 Å². The number of aromatic nitrogens is 2. The minimum atomic E-state index is -4.48. The van der Waals surface area contributed by atoms with Crippen molar-refractivity contribution in [2.24, 2.45) is 5.92 Å². The molecule has 1 fully saturated rings. The maximum absolute atomic E-state index is 13.4. The molecule has 0 spiro atoms. The van der Waals surface area contributed by atoms with Gasteiger partial charge in [0, 0.05) is 30.2 Å². The van der Waals surface area contributed by atoms with Crippen LogP contribution in [0.2, 0.25) is 0 Å². The molecule has 3 N–H and O–H groups in total. The lowest BCUT2D eigenvalue weighted by Gasteiger charge is -2.41. The normalized spacial score (nSPS) is 17.9. The second-order valence-electron chi connectivity index (χ2n) is 10.0. The van der Waals surface area contributed by atoms with E-state index in [0.717, 1.165) is 55.4 Å². The van der Waals surface area contributed by atoms with Gasteiger partial charge in [0.2, 0.25) is 0 Å². The topological polar surface area (TPSA) is 90.9 Å². The van der Waals surface area contributed by atoms with Crippen LogP contribution in [0.4, 0.5) is 24.7 Å². The standard InChI is InChI=1S/C27H29F3N6/c1-14(18-7-19(27(28,29)30)9-20(32)8-18)33-26-24-10-23(15(2)36-12-17(11-31)13-36)21-5-4-6-22(21)25(24)34-16(3)35-26/h7-10,14-15,17H,4-6,12-13,32H2,1-3H3,(H,33,34,35). The second kappa shape index (κ2) is 8.93. The van der Waals surface area contributed by atoms with Gasteiger partial charge in [0.25, 0.3) is 0 Å². The van der Waals surface area contributed by atoms with Crippen LogP contribution in [0.25, 0.3) is 10.9 Å². The molecule has 1 aliphatic carbocycles. The van der Waals surface area contributed by atoms with Gasteiger partial charge < -0.3 is 11.1 Å². The van der Waals surface area contributed by atoms with Crippen molar-refractivity contribution in [2.45, 2.75) is 58.3 Å². The smallest absolute Gasteiger partial charge is 0.399 e. The van der Waals surface area contributed by atoms with E-state index in [-0.39, 0.29) is 17.6 Å². The van der Waals surface area contributed by atoms with E-state index in [4.69, 9.17) is 10.7 Å². The van der Waals surface area contributed by atoms with Crippen molar-refractivity contribution in [2.75, 3.05) is 24.1 Å². The van der Waals surface area contributed by atoms with E-state index in [1.54, 1.807) is 13.0 Å². The number of aryl methyl sites for hydroxylation is 2. The fraction of sp³-hybridized carbons (Fsp3) is 0.444. The van der Waals surface area contributed by atoms with Crippen molar-refractivity contribution < 1.29 is 13.2 Å². The van der Waals surface area contributed by atoms with E-state index in [1.165, 1.54) is 16.7 Å². The number of nitrogens with two attached hydrogens (primary N) is 1. The van der Waals surface area contributed by atoms with Crippen LogP contribution in [0.3, 0.4) is 0 Å². The quantitative estimate of drug-likeness (QED) is 0.441. The van der Waals surface area contributed by atoms with Crippen LogP contribution in [0.15, 0.2) is 24.3 Å². The Hall–Kier alpha value is -3.38. The Morgan fingerprint density at radius 2 is 1.83 bits per heavy atom. The lowest BCUT2D eigenvalue weighted by atomic mass is 9.90. The number of nitrogen functional groups attached to an aromatic ring is 1. The van der Waals surface area contributed by atoms with E-state index >= 15 is 0 Å². The molecule has 188 valence electrons. The molecular formula is C27H29F3N6. The lowest BCUT2D eigenvalue weighted by molar-refractivity contribution is -0.137. The van der Waals surface area contributed by atoms with Gasteiger partial charge in [0.15, 0.2) is 0 Å². The summed E-state index contributed by atoms with van der Waals surface area (Å²) in [5.41, 5.74) is 10.2. The summed E-state index contributed by atoms with van der Waals surface area (Å²) >= 11 is 0. The van der Waals surface area contributed by atoms with Gasteiger partial charge in [-0.1, -0.05) is 0 Å². The third-order valence-corrected chi connectivity index (χ3v) is 7.46. The Balaban J connectivity index is 1.56. The van der Waals surface area contributed by atoms with Crippen LogP contribution >= 0.6 is 0 Å². The summed E-state index contributed by atoms with van der Waals surface area (Å²) in [5.74, 6) is 1.28. The van der Waals surface area contributed by atoms with Crippen molar-refractivity contribution in [1.29, 1.82) is 5.26 Å². The highest BCUT2D eigenvalue weighted by Crippen LogP contribution is 2.41. The molecule has 2 aliphatic rings. The molecule has 0 amide bonds. The number of anilines is 2. The minimum Gasteiger partial charge on any atom is -0.399 e. The number of nitrogens with one attached hydrogen (secondary N) is 1. The van der Waals surface area contributed by atoms with E-state index < -0.39 is 17.8 Å². The molecule has 1 aliphatic heterocycles. The number of hydrogen-bond acceptors (Lipinski definition) is 6. The molecule has 2 heterocycles. The van der Waals surface area contributed by atoms with E-state index in [2.05, 4.69) is 34.3 Å². The summed E-state index contributed by atoms with van der Waals surface area (Å²) < 4.78 is 40.1. The number of rotatable bonds is 5. The molecule has 36 heavy (non-hydrogen) atoms. The fourth-order valence-electron chi connectivity index (χ4n) is 5.48. The fourth-order valence-corrected chi connectivity index (χ4v) is 5.48. The Morgan fingerprint density at radius 3 is 2.53 bits per heavy atom. The van der Waals surface area contributed by atoms with Gasteiger partial charge in [-0.2, -0.15) is 18.4 Å². The average molecular weight is 495 g/mol. The third-order valence-electron chi connectivity index (χ3n) is 7.46. The summed E-state index contributed by atoms with van der Waals surface area (Å²) in [6.07, 6.45) is -1.50. The van der Waals surface area contributed by atoms with E-state index in [0.29, 0.717) is 17.2 Å². The molecule has 6 nitrogen and oxygen atoms in total. The van der Waals surface area contributed by atoms with Crippen molar-refractivity contribution >= 4 is 22.4 Å². The first-order valence-corrected chi connectivity index (χ1v) is 12.3.